The van der Waals surface area contributed by atoms with E-state index in [9.17, 15) is 8.42 Å². The molecule has 5 nitrogen and oxygen atoms in total. The lowest BCUT2D eigenvalue weighted by molar-refractivity contribution is 0.168. The van der Waals surface area contributed by atoms with E-state index in [1.807, 2.05) is 0 Å². The molecule has 1 saturated heterocycles. The summed E-state index contributed by atoms with van der Waals surface area (Å²) in [6.45, 7) is 5.49. The van der Waals surface area contributed by atoms with E-state index < -0.39 is 10.0 Å². The number of nitrogens with two attached hydrogens (primary N) is 1. The van der Waals surface area contributed by atoms with Gasteiger partial charge in [-0.25, -0.2) is 8.42 Å². The first-order valence-corrected chi connectivity index (χ1v) is 8.70. The van der Waals surface area contributed by atoms with Crippen LogP contribution in [0.1, 0.15) is 33.1 Å². The molecule has 1 fully saturated rings. The molecule has 1 heterocycles. The topological polar surface area (TPSA) is 72.6 Å². The predicted molar refractivity (Wildman–Crippen MR) is 83.8 cm³/mol. The van der Waals surface area contributed by atoms with Gasteiger partial charge in [-0.1, -0.05) is 20.3 Å². The SMILES string of the molecule is CCC1(C)CCN(S(=O)(=O)c2ccc(N)cc2OC)CC1. The van der Waals surface area contributed by atoms with Crippen LogP contribution in [0.3, 0.4) is 0 Å². The highest BCUT2D eigenvalue weighted by Crippen LogP contribution is 2.37. The quantitative estimate of drug-likeness (QED) is 0.867. The average molecular weight is 312 g/mol. The van der Waals surface area contributed by atoms with Gasteiger partial charge in [0.25, 0.3) is 0 Å². The van der Waals surface area contributed by atoms with Gasteiger partial charge in [-0.05, 0) is 30.4 Å². The third kappa shape index (κ3) is 3.16. The maximum Gasteiger partial charge on any atom is 0.246 e. The fraction of sp³-hybridized carbons (Fsp3) is 0.600. The average Bonchev–Trinajstić information content (AvgIpc) is 2.47. The Morgan fingerprint density at radius 1 is 1.33 bits per heavy atom. The molecular weight excluding hydrogens is 288 g/mol. The number of nitrogens with zero attached hydrogens (tertiary/aromatic N) is 1. The van der Waals surface area contributed by atoms with Gasteiger partial charge in [-0.2, -0.15) is 4.31 Å². The zero-order valence-corrected chi connectivity index (χ0v) is 13.7. The van der Waals surface area contributed by atoms with E-state index in [-0.39, 0.29) is 10.3 Å². The van der Waals surface area contributed by atoms with Crippen molar-refractivity contribution >= 4 is 15.7 Å². The molecule has 2 N–H and O–H groups in total. The summed E-state index contributed by atoms with van der Waals surface area (Å²) in [7, 11) is -2.07. The highest BCUT2D eigenvalue weighted by molar-refractivity contribution is 7.89. The van der Waals surface area contributed by atoms with E-state index in [0.717, 1.165) is 19.3 Å². The summed E-state index contributed by atoms with van der Waals surface area (Å²) >= 11 is 0. The van der Waals surface area contributed by atoms with Gasteiger partial charge in [0, 0.05) is 24.8 Å². The summed E-state index contributed by atoms with van der Waals surface area (Å²) in [6, 6.07) is 4.67. The Balaban J connectivity index is 2.28. The van der Waals surface area contributed by atoms with Gasteiger partial charge in [-0.15, -0.1) is 0 Å². The number of piperidine rings is 1. The highest BCUT2D eigenvalue weighted by atomic mass is 32.2. The van der Waals surface area contributed by atoms with E-state index in [0.29, 0.717) is 24.5 Å². The Bertz CT molecular complexity index is 605. The van der Waals surface area contributed by atoms with Crippen molar-refractivity contribution in [2.24, 2.45) is 5.41 Å². The van der Waals surface area contributed by atoms with Gasteiger partial charge < -0.3 is 10.5 Å². The molecule has 1 aliphatic heterocycles. The number of ether oxygens (including phenoxy) is 1. The van der Waals surface area contributed by atoms with E-state index >= 15 is 0 Å². The summed E-state index contributed by atoms with van der Waals surface area (Å²) in [5.74, 6) is 0.304. The minimum atomic E-state index is -3.53. The molecule has 2 rings (SSSR count). The van der Waals surface area contributed by atoms with Crippen molar-refractivity contribution in [1.29, 1.82) is 0 Å². The van der Waals surface area contributed by atoms with Crippen molar-refractivity contribution in [3.05, 3.63) is 18.2 Å². The summed E-state index contributed by atoms with van der Waals surface area (Å²) in [4.78, 5) is 0.194. The van der Waals surface area contributed by atoms with E-state index in [4.69, 9.17) is 10.5 Å². The predicted octanol–water partition coefficient (Wildman–Crippen LogP) is 2.48. The summed E-state index contributed by atoms with van der Waals surface area (Å²) in [6.07, 6.45) is 2.85. The molecule has 0 saturated carbocycles. The normalized spacial score (nSPS) is 19.4. The fourth-order valence-electron chi connectivity index (χ4n) is 2.66. The van der Waals surface area contributed by atoms with Crippen LogP contribution >= 0.6 is 0 Å². The third-order valence-corrected chi connectivity index (χ3v) is 6.53. The molecular formula is C15H24N2O3S. The molecule has 6 heteroatoms. The molecule has 0 radical (unpaired) electrons. The third-order valence-electron chi connectivity index (χ3n) is 4.59. The van der Waals surface area contributed by atoms with Crippen LogP contribution in [-0.4, -0.2) is 32.9 Å². The van der Waals surface area contributed by atoms with Crippen molar-refractivity contribution in [3.8, 4) is 5.75 Å². The molecule has 1 aromatic carbocycles. The first-order valence-electron chi connectivity index (χ1n) is 7.26. The number of rotatable bonds is 4. The fourth-order valence-corrected chi connectivity index (χ4v) is 4.23. The van der Waals surface area contributed by atoms with Gasteiger partial charge >= 0.3 is 0 Å². The van der Waals surface area contributed by atoms with Crippen molar-refractivity contribution in [2.45, 2.75) is 38.0 Å². The second-order valence-electron chi connectivity index (χ2n) is 5.98. The second-order valence-corrected chi connectivity index (χ2v) is 7.88. The number of sulfonamides is 1. The number of hydrogen-bond acceptors (Lipinski definition) is 4. The second kappa shape index (κ2) is 5.85. The van der Waals surface area contributed by atoms with Gasteiger partial charge in [0.2, 0.25) is 10.0 Å². The van der Waals surface area contributed by atoms with Crippen LogP contribution in [-0.2, 0) is 10.0 Å². The Labute approximate surface area is 127 Å². The molecule has 0 amide bonds. The lowest BCUT2D eigenvalue weighted by Gasteiger charge is -2.38. The van der Waals surface area contributed by atoms with Gasteiger partial charge in [0.15, 0.2) is 0 Å². The molecule has 1 aliphatic rings. The maximum atomic E-state index is 12.8. The maximum absolute atomic E-state index is 12.8. The first-order chi connectivity index (χ1) is 9.82. The minimum absolute atomic E-state index is 0.194. The van der Waals surface area contributed by atoms with E-state index in [2.05, 4.69) is 13.8 Å². The minimum Gasteiger partial charge on any atom is -0.495 e. The summed E-state index contributed by atoms with van der Waals surface area (Å²) < 4.78 is 32.3. The zero-order chi connectivity index (χ0) is 15.7. The van der Waals surface area contributed by atoms with Gasteiger partial charge in [0.05, 0.1) is 7.11 Å². The van der Waals surface area contributed by atoms with Crippen LogP contribution in [0, 0.1) is 5.41 Å². The number of anilines is 1. The molecule has 0 atom stereocenters. The molecule has 21 heavy (non-hydrogen) atoms. The van der Waals surface area contributed by atoms with Crippen molar-refractivity contribution < 1.29 is 13.2 Å². The van der Waals surface area contributed by atoms with Crippen LogP contribution in [0.4, 0.5) is 5.69 Å². The van der Waals surface area contributed by atoms with Crippen molar-refractivity contribution in [3.63, 3.8) is 0 Å². The standard InChI is InChI=1S/C15H24N2O3S/c1-4-15(2)7-9-17(10-8-15)21(18,19)14-6-5-12(16)11-13(14)20-3/h5-6,11H,4,7-10,16H2,1-3H3. The zero-order valence-electron chi connectivity index (χ0n) is 12.9. The Morgan fingerprint density at radius 3 is 2.48 bits per heavy atom. The van der Waals surface area contributed by atoms with Crippen LogP contribution in [0.15, 0.2) is 23.1 Å². The molecule has 0 unspecified atom stereocenters. The van der Waals surface area contributed by atoms with Crippen LogP contribution in [0.2, 0.25) is 0 Å². The van der Waals surface area contributed by atoms with Crippen LogP contribution < -0.4 is 10.5 Å². The van der Waals surface area contributed by atoms with Crippen molar-refractivity contribution in [1.82, 2.24) is 4.31 Å². The van der Waals surface area contributed by atoms with E-state index in [1.165, 1.54) is 13.2 Å². The smallest absolute Gasteiger partial charge is 0.246 e. The lowest BCUT2D eigenvalue weighted by atomic mass is 9.79. The van der Waals surface area contributed by atoms with Crippen molar-refractivity contribution in [2.75, 3.05) is 25.9 Å². The molecule has 0 bridgehead atoms. The molecule has 0 spiro atoms. The molecule has 118 valence electrons. The van der Waals surface area contributed by atoms with E-state index in [1.54, 1.807) is 16.4 Å². The number of benzene rings is 1. The van der Waals surface area contributed by atoms with Crippen LogP contribution in [0.5, 0.6) is 5.75 Å². The summed E-state index contributed by atoms with van der Waals surface area (Å²) in [5, 5.41) is 0. The largest absolute Gasteiger partial charge is 0.495 e. The number of methoxy groups -OCH3 is 1. The monoisotopic (exact) mass is 312 g/mol. The van der Waals surface area contributed by atoms with Crippen LogP contribution in [0.25, 0.3) is 0 Å². The molecule has 0 aliphatic carbocycles. The number of nitrogen functional groups attached to an aromatic ring is 1. The Hall–Kier alpha value is -1.27. The first kappa shape index (κ1) is 16.1. The Kier molecular flexibility index (Phi) is 4.49. The lowest BCUT2D eigenvalue weighted by Crippen LogP contribution is -2.41. The molecule has 1 aromatic rings. The Morgan fingerprint density at radius 2 is 1.95 bits per heavy atom. The van der Waals surface area contributed by atoms with Gasteiger partial charge in [-0.3, -0.25) is 0 Å². The number of hydrogen-bond donors (Lipinski definition) is 1. The van der Waals surface area contributed by atoms with Gasteiger partial charge in [0.1, 0.15) is 10.6 Å². The summed E-state index contributed by atoms with van der Waals surface area (Å²) in [5.41, 5.74) is 6.43. The molecule has 0 aromatic heterocycles. The highest BCUT2D eigenvalue weighted by Gasteiger charge is 2.35.